The lowest BCUT2D eigenvalue weighted by Gasteiger charge is -2.09. The molecule has 0 bridgehead atoms. The third-order valence-electron chi connectivity index (χ3n) is 1.77. The van der Waals surface area contributed by atoms with Crippen molar-refractivity contribution >= 4 is 17.7 Å². The van der Waals surface area contributed by atoms with E-state index in [1.165, 1.54) is 18.9 Å². The van der Waals surface area contributed by atoms with Crippen molar-refractivity contribution in [2.75, 3.05) is 12.9 Å². The van der Waals surface area contributed by atoms with Gasteiger partial charge in [-0.05, 0) is 18.6 Å². The van der Waals surface area contributed by atoms with Gasteiger partial charge in [0.2, 0.25) is 0 Å². The molecular weight excluding hydrogens is 200 g/mol. The molecule has 2 atom stereocenters. The first-order valence-electron chi connectivity index (χ1n) is 4.50. The van der Waals surface area contributed by atoms with Gasteiger partial charge in [-0.15, -0.1) is 11.8 Å². The number of nitriles is 1. The minimum atomic E-state index is -0.566. The molecule has 0 aromatic heterocycles. The maximum Gasteiger partial charge on any atom is 0.322 e. The number of hydrogen-bond donors (Lipinski definition) is 1. The third kappa shape index (κ3) is 5.10. The maximum absolute atomic E-state index is 10.9. The molecule has 14 heavy (non-hydrogen) atoms. The van der Waals surface area contributed by atoms with Crippen molar-refractivity contribution in [1.82, 2.24) is 0 Å². The van der Waals surface area contributed by atoms with Crippen LogP contribution >= 0.6 is 11.8 Å². The fourth-order valence-electron chi connectivity index (χ4n) is 0.853. The monoisotopic (exact) mass is 216 g/mol. The number of thioether (sulfide) groups is 1. The van der Waals surface area contributed by atoms with Crippen LogP contribution in [0.4, 0.5) is 0 Å². The van der Waals surface area contributed by atoms with E-state index in [-0.39, 0.29) is 5.25 Å². The Morgan fingerprint density at radius 3 is 2.79 bits per heavy atom. The van der Waals surface area contributed by atoms with Gasteiger partial charge in [-0.25, -0.2) is 0 Å². The Hall–Kier alpha value is -0.730. The number of nitrogens with two attached hydrogens (primary N) is 1. The average molecular weight is 216 g/mol. The molecule has 2 unspecified atom stereocenters. The number of hydrogen-bond acceptors (Lipinski definition) is 5. The molecule has 0 saturated carbocycles. The fourth-order valence-corrected chi connectivity index (χ4v) is 1.84. The summed E-state index contributed by atoms with van der Waals surface area (Å²) in [5.41, 5.74) is 5.53. The van der Waals surface area contributed by atoms with Crippen molar-refractivity contribution in [1.29, 1.82) is 5.26 Å². The van der Waals surface area contributed by atoms with Crippen LogP contribution in [-0.4, -0.2) is 30.1 Å². The summed E-state index contributed by atoms with van der Waals surface area (Å²) in [5, 5.41) is 8.65. The fraction of sp³-hybridized carbons (Fsp3) is 0.778. The Kier molecular flexibility index (Phi) is 7.25. The molecule has 0 radical (unpaired) electrons. The first-order valence-corrected chi connectivity index (χ1v) is 5.55. The number of methoxy groups -OCH3 is 1. The Morgan fingerprint density at radius 1 is 1.71 bits per heavy atom. The summed E-state index contributed by atoms with van der Waals surface area (Å²) in [6, 6.07) is 1.61. The Balaban J connectivity index is 3.64. The van der Waals surface area contributed by atoms with Crippen LogP contribution in [0, 0.1) is 11.3 Å². The summed E-state index contributed by atoms with van der Waals surface area (Å²) in [6.45, 7) is 1.96. The number of carbonyl (C=O) groups is 1. The SMILES string of the molecule is CCC(C#N)SCCC(N)C(=O)OC. The van der Waals surface area contributed by atoms with E-state index in [0.717, 1.165) is 6.42 Å². The molecular formula is C9H16N2O2S. The van der Waals surface area contributed by atoms with Crippen LogP contribution in [0.1, 0.15) is 19.8 Å². The van der Waals surface area contributed by atoms with Gasteiger partial charge >= 0.3 is 5.97 Å². The van der Waals surface area contributed by atoms with E-state index in [0.29, 0.717) is 12.2 Å². The van der Waals surface area contributed by atoms with Crippen molar-refractivity contribution in [3.05, 3.63) is 0 Å². The summed E-state index contributed by atoms with van der Waals surface area (Å²) in [5.74, 6) is 0.318. The number of ether oxygens (including phenoxy) is 1. The van der Waals surface area contributed by atoms with Crippen molar-refractivity contribution in [2.24, 2.45) is 5.73 Å². The lowest BCUT2D eigenvalue weighted by molar-refractivity contribution is -0.142. The first-order chi connectivity index (χ1) is 6.65. The quantitative estimate of drug-likeness (QED) is 0.668. The third-order valence-corrected chi connectivity index (χ3v) is 3.08. The molecule has 0 amide bonds. The molecule has 0 rings (SSSR count). The van der Waals surface area contributed by atoms with Crippen LogP contribution in [-0.2, 0) is 9.53 Å². The van der Waals surface area contributed by atoms with Crippen LogP contribution in [0.2, 0.25) is 0 Å². The average Bonchev–Trinajstić information content (AvgIpc) is 2.22. The lowest BCUT2D eigenvalue weighted by Crippen LogP contribution is -2.32. The standard InChI is InChI=1S/C9H16N2O2S/c1-3-7(6-10)14-5-4-8(11)9(12)13-2/h7-8H,3-5,11H2,1-2H3. The van der Waals surface area contributed by atoms with Crippen LogP contribution in [0.25, 0.3) is 0 Å². The van der Waals surface area contributed by atoms with E-state index >= 15 is 0 Å². The number of carbonyl (C=O) groups excluding carboxylic acids is 1. The molecule has 0 spiro atoms. The molecule has 0 aliphatic rings. The topological polar surface area (TPSA) is 76.1 Å². The summed E-state index contributed by atoms with van der Waals surface area (Å²) < 4.78 is 4.48. The van der Waals surface area contributed by atoms with Gasteiger partial charge in [-0.3, -0.25) is 4.79 Å². The second kappa shape index (κ2) is 7.65. The van der Waals surface area contributed by atoms with Crippen molar-refractivity contribution < 1.29 is 9.53 Å². The van der Waals surface area contributed by atoms with Gasteiger partial charge in [0.15, 0.2) is 0 Å². The van der Waals surface area contributed by atoms with Gasteiger partial charge in [0.25, 0.3) is 0 Å². The molecule has 0 aromatic rings. The second-order valence-corrected chi connectivity index (χ2v) is 4.13. The summed E-state index contributed by atoms with van der Waals surface area (Å²) in [6.07, 6.45) is 1.37. The maximum atomic E-state index is 10.9. The predicted molar refractivity (Wildman–Crippen MR) is 56.8 cm³/mol. The van der Waals surface area contributed by atoms with Crippen LogP contribution in [0.15, 0.2) is 0 Å². The van der Waals surface area contributed by atoms with E-state index in [1.54, 1.807) is 0 Å². The summed E-state index contributed by atoms with van der Waals surface area (Å²) in [7, 11) is 1.32. The Morgan fingerprint density at radius 2 is 2.36 bits per heavy atom. The van der Waals surface area contributed by atoms with Gasteiger partial charge in [0.05, 0.1) is 18.4 Å². The van der Waals surface area contributed by atoms with Gasteiger partial charge in [-0.2, -0.15) is 5.26 Å². The largest absolute Gasteiger partial charge is 0.468 e. The van der Waals surface area contributed by atoms with Crippen molar-refractivity contribution in [3.63, 3.8) is 0 Å². The molecule has 4 nitrogen and oxygen atoms in total. The molecule has 2 N–H and O–H groups in total. The second-order valence-electron chi connectivity index (χ2n) is 2.82. The van der Waals surface area contributed by atoms with E-state index in [1.807, 2.05) is 6.92 Å². The zero-order valence-corrected chi connectivity index (χ0v) is 9.34. The zero-order chi connectivity index (χ0) is 11.0. The molecule has 80 valence electrons. The van der Waals surface area contributed by atoms with Gasteiger partial charge < -0.3 is 10.5 Å². The summed E-state index contributed by atoms with van der Waals surface area (Å²) in [4.78, 5) is 10.9. The molecule has 0 aliphatic carbocycles. The van der Waals surface area contributed by atoms with E-state index in [2.05, 4.69) is 10.8 Å². The first kappa shape index (κ1) is 13.3. The molecule has 0 aliphatic heterocycles. The molecule has 0 aromatic carbocycles. The Bertz CT molecular complexity index is 215. The number of rotatable bonds is 6. The highest BCUT2D eigenvalue weighted by atomic mass is 32.2. The van der Waals surface area contributed by atoms with Crippen molar-refractivity contribution in [2.45, 2.75) is 31.1 Å². The highest BCUT2D eigenvalue weighted by Crippen LogP contribution is 2.15. The van der Waals surface area contributed by atoms with Crippen LogP contribution < -0.4 is 5.73 Å². The van der Waals surface area contributed by atoms with Gasteiger partial charge in [-0.1, -0.05) is 6.92 Å². The minimum Gasteiger partial charge on any atom is -0.468 e. The molecule has 0 saturated heterocycles. The normalized spacial score (nSPS) is 14.1. The van der Waals surface area contributed by atoms with Crippen LogP contribution in [0.5, 0.6) is 0 Å². The zero-order valence-electron chi connectivity index (χ0n) is 8.53. The smallest absolute Gasteiger partial charge is 0.322 e. The highest BCUT2D eigenvalue weighted by molar-refractivity contribution is 8.00. The van der Waals surface area contributed by atoms with E-state index in [4.69, 9.17) is 11.0 Å². The van der Waals surface area contributed by atoms with E-state index < -0.39 is 12.0 Å². The highest BCUT2D eigenvalue weighted by Gasteiger charge is 2.14. The summed E-state index contributed by atoms with van der Waals surface area (Å²) >= 11 is 1.53. The molecule has 5 heteroatoms. The number of esters is 1. The lowest BCUT2D eigenvalue weighted by atomic mass is 10.2. The molecule has 0 heterocycles. The van der Waals surface area contributed by atoms with E-state index in [9.17, 15) is 4.79 Å². The Labute approximate surface area is 88.8 Å². The van der Waals surface area contributed by atoms with Gasteiger partial charge in [0.1, 0.15) is 6.04 Å². The number of nitrogens with zero attached hydrogens (tertiary/aromatic N) is 1. The van der Waals surface area contributed by atoms with Crippen LogP contribution in [0.3, 0.4) is 0 Å². The minimum absolute atomic E-state index is 0.000142. The molecule has 0 fully saturated rings. The van der Waals surface area contributed by atoms with Gasteiger partial charge in [0, 0.05) is 0 Å². The van der Waals surface area contributed by atoms with Crippen molar-refractivity contribution in [3.8, 4) is 6.07 Å². The predicted octanol–water partition coefficient (Wildman–Crippen LogP) is 0.912.